The van der Waals surface area contributed by atoms with Gasteiger partial charge < -0.3 is 10.2 Å². The van der Waals surface area contributed by atoms with Gasteiger partial charge in [-0.05, 0) is 45.2 Å². The summed E-state index contributed by atoms with van der Waals surface area (Å²) in [6, 6.07) is 0. The van der Waals surface area contributed by atoms with Crippen LogP contribution in [-0.4, -0.2) is 10.2 Å². The predicted octanol–water partition coefficient (Wildman–Crippen LogP) is 2.59. The Hall–Kier alpha value is 0.140. The van der Waals surface area contributed by atoms with Crippen LogP contribution in [0.5, 0.6) is 11.5 Å². The summed E-state index contributed by atoms with van der Waals surface area (Å²) < 4.78 is 25.5. The molecule has 0 amide bonds. The minimum absolute atomic E-state index is 0.101. The van der Waals surface area contributed by atoms with Crippen molar-refractivity contribution >= 4 is 45.2 Å². The van der Waals surface area contributed by atoms with Crippen molar-refractivity contribution in [2.24, 2.45) is 0 Å². The number of halogens is 4. The maximum absolute atomic E-state index is 12.6. The van der Waals surface area contributed by atoms with Crippen LogP contribution in [0.4, 0.5) is 8.78 Å². The molecule has 66 valence electrons. The lowest BCUT2D eigenvalue weighted by atomic mass is 10.3. The van der Waals surface area contributed by atoms with Gasteiger partial charge in [0.1, 0.15) is 0 Å². The van der Waals surface area contributed by atoms with E-state index in [9.17, 15) is 8.78 Å². The molecule has 0 aliphatic heterocycles. The van der Waals surface area contributed by atoms with Crippen molar-refractivity contribution in [3.05, 3.63) is 18.8 Å². The van der Waals surface area contributed by atoms with Crippen molar-refractivity contribution in [1.29, 1.82) is 0 Å². The van der Waals surface area contributed by atoms with Gasteiger partial charge in [-0.25, -0.2) is 0 Å². The predicted molar refractivity (Wildman–Crippen MR) is 55.1 cm³/mol. The smallest absolute Gasteiger partial charge is 0.205 e. The summed E-state index contributed by atoms with van der Waals surface area (Å²) in [5.74, 6) is -4.37. The molecular weight excluding hydrogens is 396 g/mol. The van der Waals surface area contributed by atoms with E-state index in [0.717, 1.165) is 0 Å². The highest BCUT2D eigenvalue weighted by Gasteiger charge is 2.20. The largest absolute Gasteiger partial charge is 0.504 e. The molecule has 0 radical (unpaired) electrons. The molecule has 1 aromatic carbocycles. The van der Waals surface area contributed by atoms with Gasteiger partial charge in [-0.1, -0.05) is 0 Å². The van der Waals surface area contributed by atoms with Crippen LogP contribution in [0.3, 0.4) is 0 Å². The third-order valence-corrected chi connectivity index (χ3v) is 4.35. The lowest BCUT2D eigenvalue weighted by Crippen LogP contribution is -1.92. The van der Waals surface area contributed by atoms with Gasteiger partial charge >= 0.3 is 0 Å². The maximum atomic E-state index is 12.6. The van der Waals surface area contributed by atoms with Crippen molar-refractivity contribution in [2.75, 3.05) is 0 Å². The number of hydrogen-bond acceptors (Lipinski definition) is 2. The molecule has 0 fully saturated rings. The number of phenols is 2. The molecule has 0 heterocycles. The van der Waals surface area contributed by atoms with E-state index in [4.69, 9.17) is 10.2 Å². The molecule has 0 aliphatic rings. The van der Waals surface area contributed by atoms with Gasteiger partial charge in [0.15, 0.2) is 11.5 Å². The van der Waals surface area contributed by atoms with Crippen LogP contribution in [0.1, 0.15) is 0 Å². The summed E-state index contributed by atoms with van der Waals surface area (Å²) in [6.07, 6.45) is 0. The van der Waals surface area contributed by atoms with Crippen LogP contribution in [-0.2, 0) is 0 Å². The Morgan fingerprint density at radius 3 is 1.33 bits per heavy atom. The number of hydrogen-bond donors (Lipinski definition) is 2. The molecule has 0 spiro atoms. The highest BCUT2D eigenvalue weighted by Crippen LogP contribution is 2.36. The molecule has 0 saturated heterocycles. The lowest BCUT2D eigenvalue weighted by molar-refractivity contribution is 0.369. The first-order valence-electron chi connectivity index (χ1n) is 2.70. The quantitative estimate of drug-likeness (QED) is 0.401. The van der Waals surface area contributed by atoms with Crippen LogP contribution in [0, 0.1) is 18.8 Å². The Bertz CT molecular complexity index is 236. The molecule has 12 heavy (non-hydrogen) atoms. The highest BCUT2D eigenvalue weighted by molar-refractivity contribution is 14.1. The van der Waals surface area contributed by atoms with Crippen LogP contribution in [0.15, 0.2) is 0 Å². The van der Waals surface area contributed by atoms with Crippen LogP contribution < -0.4 is 0 Å². The fourth-order valence-corrected chi connectivity index (χ4v) is 1.59. The Kier molecular flexibility index (Phi) is 2.97. The summed E-state index contributed by atoms with van der Waals surface area (Å²) in [5.41, 5.74) is 0. The second kappa shape index (κ2) is 3.48. The third kappa shape index (κ3) is 1.45. The fraction of sp³-hybridized carbons (Fsp3) is 0. The number of aromatic hydroxyl groups is 2. The molecule has 0 bridgehead atoms. The third-order valence-electron chi connectivity index (χ3n) is 1.22. The topological polar surface area (TPSA) is 40.5 Å². The zero-order valence-electron chi connectivity index (χ0n) is 5.41. The zero-order valence-corrected chi connectivity index (χ0v) is 9.72. The molecule has 0 aliphatic carbocycles. The van der Waals surface area contributed by atoms with E-state index in [-0.39, 0.29) is 7.14 Å². The minimum atomic E-state index is -1.42. The van der Waals surface area contributed by atoms with E-state index in [1.165, 1.54) is 0 Å². The molecule has 0 atom stereocenters. The average molecular weight is 398 g/mol. The average Bonchev–Trinajstić information content (AvgIpc) is 2.08. The maximum Gasteiger partial charge on any atom is 0.205 e. The van der Waals surface area contributed by atoms with Crippen LogP contribution >= 0.6 is 45.2 Å². The molecule has 2 nitrogen and oxygen atoms in total. The SMILES string of the molecule is Oc1c(F)c(F)c(O)c(I)c1I. The first-order valence-corrected chi connectivity index (χ1v) is 4.86. The zero-order chi connectivity index (χ0) is 9.46. The van der Waals surface area contributed by atoms with Gasteiger partial charge in [-0.15, -0.1) is 0 Å². The van der Waals surface area contributed by atoms with E-state index in [1.807, 2.05) is 0 Å². The Labute approximate surface area is 93.9 Å². The number of phenolic OH excluding ortho intramolecular Hbond substituents is 2. The van der Waals surface area contributed by atoms with E-state index in [2.05, 4.69) is 0 Å². The summed E-state index contributed by atoms with van der Waals surface area (Å²) >= 11 is 3.23. The summed E-state index contributed by atoms with van der Waals surface area (Å²) in [6.45, 7) is 0. The molecule has 2 N–H and O–H groups in total. The van der Waals surface area contributed by atoms with Gasteiger partial charge in [-0.3, -0.25) is 0 Å². The summed E-state index contributed by atoms with van der Waals surface area (Å²) in [4.78, 5) is 0. The van der Waals surface area contributed by atoms with Crippen molar-refractivity contribution in [3.8, 4) is 11.5 Å². The number of benzene rings is 1. The first-order chi connectivity index (χ1) is 5.46. The highest BCUT2D eigenvalue weighted by atomic mass is 127. The molecule has 0 aromatic heterocycles. The lowest BCUT2D eigenvalue weighted by Gasteiger charge is -2.05. The van der Waals surface area contributed by atoms with Gasteiger partial charge in [0.05, 0.1) is 7.14 Å². The number of rotatable bonds is 0. The van der Waals surface area contributed by atoms with E-state index < -0.39 is 23.1 Å². The van der Waals surface area contributed by atoms with Crippen molar-refractivity contribution in [1.82, 2.24) is 0 Å². The molecule has 1 aromatic rings. The summed E-state index contributed by atoms with van der Waals surface area (Å²) in [5, 5.41) is 17.9. The molecule has 0 saturated carbocycles. The Balaban J connectivity index is 3.60. The normalized spacial score (nSPS) is 10.3. The second-order valence-corrected chi connectivity index (χ2v) is 4.11. The van der Waals surface area contributed by atoms with E-state index >= 15 is 0 Å². The monoisotopic (exact) mass is 398 g/mol. The first kappa shape index (κ1) is 10.2. The second-order valence-electron chi connectivity index (χ2n) is 1.95. The van der Waals surface area contributed by atoms with Crippen molar-refractivity contribution in [2.45, 2.75) is 0 Å². The van der Waals surface area contributed by atoms with Crippen molar-refractivity contribution < 1.29 is 19.0 Å². The fourth-order valence-electron chi connectivity index (χ4n) is 0.609. The van der Waals surface area contributed by atoms with Crippen molar-refractivity contribution in [3.63, 3.8) is 0 Å². The van der Waals surface area contributed by atoms with Gasteiger partial charge in [-0.2, -0.15) is 8.78 Å². The van der Waals surface area contributed by atoms with Gasteiger partial charge in [0.2, 0.25) is 11.6 Å². The minimum Gasteiger partial charge on any atom is -0.504 e. The molecular formula is C6H2F2I2O2. The van der Waals surface area contributed by atoms with E-state index in [0.29, 0.717) is 0 Å². The van der Waals surface area contributed by atoms with Crippen LogP contribution in [0.2, 0.25) is 0 Å². The van der Waals surface area contributed by atoms with E-state index in [1.54, 1.807) is 45.2 Å². The molecule has 0 unspecified atom stereocenters. The van der Waals surface area contributed by atoms with Gasteiger partial charge in [0.25, 0.3) is 0 Å². The Morgan fingerprint density at radius 1 is 0.833 bits per heavy atom. The standard InChI is InChI=1S/C6H2F2I2O2/c7-1-2(8)6(12)4(10)3(9)5(1)11/h11-12H. The van der Waals surface area contributed by atoms with Gasteiger partial charge in [0, 0.05) is 0 Å². The summed E-state index contributed by atoms with van der Waals surface area (Å²) in [7, 11) is 0. The molecule has 1 rings (SSSR count). The Morgan fingerprint density at radius 2 is 1.08 bits per heavy atom. The molecule has 6 heteroatoms. The van der Waals surface area contributed by atoms with Crippen LogP contribution in [0.25, 0.3) is 0 Å².